The van der Waals surface area contributed by atoms with Crippen molar-refractivity contribution in [1.82, 2.24) is 0 Å². The van der Waals surface area contributed by atoms with Crippen molar-refractivity contribution < 1.29 is 9.47 Å². The Morgan fingerprint density at radius 1 is 1.25 bits per heavy atom. The summed E-state index contributed by atoms with van der Waals surface area (Å²) in [5.41, 5.74) is 6.84. The van der Waals surface area contributed by atoms with Gasteiger partial charge in [-0.2, -0.15) is 0 Å². The molecule has 20 heavy (non-hydrogen) atoms. The van der Waals surface area contributed by atoms with Gasteiger partial charge in [-0.1, -0.05) is 17.7 Å². The van der Waals surface area contributed by atoms with Crippen molar-refractivity contribution in [2.75, 3.05) is 25.6 Å². The van der Waals surface area contributed by atoms with E-state index in [1.807, 2.05) is 30.0 Å². The number of thioether (sulfide) groups is 1. The lowest BCUT2D eigenvalue weighted by molar-refractivity contribution is -0.131. The number of ether oxygens (including phenoxy) is 2. The summed E-state index contributed by atoms with van der Waals surface area (Å²) in [4.78, 5) is 1.02. The molecule has 0 bridgehead atoms. The molecule has 0 amide bonds. The first kappa shape index (κ1) is 14.5. The Bertz CT molecular complexity index is 451. The van der Waals surface area contributed by atoms with E-state index in [1.54, 1.807) is 0 Å². The molecule has 0 aromatic heterocycles. The smallest absolute Gasteiger partial charge is 0.0737 e. The summed E-state index contributed by atoms with van der Waals surface area (Å²) in [5, 5.41) is 1.27. The van der Waals surface area contributed by atoms with Crippen LogP contribution in [0, 0.1) is 0 Å². The molecule has 0 aliphatic carbocycles. The van der Waals surface area contributed by atoms with Crippen molar-refractivity contribution >= 4 is 29.1 Å². The maximum Gasteiger partial charge on any atom is 0.0737 e. The first-order valence-corrected chi connectivity index (χ1v) is 8.37. The molecule has 1 aromatic carbocycles. The molecule has 2 aliphatic rings. The standard InChI is InChI=1S/C15H20ClNO2S/c16-12-2-1-3-13(17)14(12)20-11-4-7-19-15(10-11)5-8-18-9-6-15/h1-3,11H,4-10,17H2. The second-order valence-electron chi connectivity index (χ2n) is 5.53. The highest BCUT2D eigenvalue weighted by atomic mass is 35.5. The van der Waals surface area contributed by atoms with Gasteiger partial charge in [0, 0.05) is 35.7 Å². The highest BCUT2D eigenvalue weighted by molar-refractivity contribution is 8.00. The molecule has 1 atom stereocenters. The number of hydrogen-bond donors (Lipinski definition) is 1. The zero-order chi connectivity index (χ0) is 14.0. The van der Waals surface area contributed by atoms with Gasteiger partial charge in [0.2, 0.25) is 0 Å². The minimum atomic E-state index is 0.0180. The molecular formula is C15H20ClNO2S. The van der Waals surface area contributed by atoms with E-state index < -0.39 is 0 Å². The fourth-order valence-electron chi connectivity index (χ4n) is 2.99. The number of anilines is 1. The number of nitrogens with two attached hydrogens (primary N) is 1. The van der Waals surface area contributed by atoms with E-state index in [-0.39, 0.29) is 5.60 Å². The minimum absolute atomic E-state index is 0.0180. The summed E-state index contributed by atoms with van der Waals surface area (Å²) in [6.07, 6.45) is 4.12. The number of benzene rings is 1. The largest absolute Gasteiger partial charge is 0.398 e. The van der Waals surface area contributed by atoms with E-state index in [4.69, 9.17) is 26.8 Å². The number of nitrogen functional groups attached to an aromatic ring is 1. The maximum atomic E-state index is 6.27. The van der Waals surface area contributed by atoms with Gasteiger partial charge in [0.25, 0.3) is 0 Å². The van der Waals surface area contributed by atoms with Gasteiger partial charge in [-0.15, -0.1) is 11.8 Å². The quantitative estimate of drug-likeness (QED) is 0.845. The normalized spacial score (nSPS) is 25.8. The fraction of sp³-hybridized carbons (Fsp3) is 0.600. The molecule has 0 saturated carbocycles. The van der Waals surface area contributed by atoms with Crippen LogP contribution in [0.1, 0.15) is 25.7 Å². The highest BCUT2D eigenvalue weighted by Gasteiger charge is 2.39. The summed E-state index contributed by atoms with van der Waals surface area (Å²) in [5.74, 6) is 0. The number of rotatable bonds is 2. The van der Waals surface area contributed by atoms with E-state index in [9.17, 15) is 0 Å². The molecule has 0 radical (unpaired) electrons. The lowest BCUT2D eigenvalue weighted by atomic mass is 9.86. The fourth-order valence-corrected chi connectivity index (χ4v) is 4.63. The number of halogens is 1. The van der Waals surface area contributed by atoms with Gasteiger partial charge in [0.15, 0.2) is 0 Å². The van der Waals surface area contributed by atoms with Gasteiger partial charge in [-0.05, 0) is 37.8 Å². The second kappa shape index (κ2) is 6.14. The molecule has 2 N–H and O–H groups in total. The molecule has 2 fully saturated rings. The van der Waals surface area contributed by atoms with Gasteiger partial charge in [0.1, 0.15) is 0 Å². The maximum absolute atomic E-state index is 6.27. The average Bonchev–Trinajstić information content (AvgIpc) is 2.44. The molecule has 3 rings (SSSR count). The van der Waals surface area contributed by atoms with Crippen LogP contribution < -0.4 is 5.73 Å². The Labute approximate surface area is 129 Å². The first-order chi connectivity index (χ1) is 9.69. The Morgan fingerprint density at radius 2 is 2.05 bits per heavy atom. The van der Waals surface area contributed by atoms with Crippen molar-refractivity contribution in [3.8, 4) is 0 Å². The third-order valence-electron chi connectivity index (χ3n) is 4.13. The van der Waals surface area contributed by atoms with E-state index in [0.29, 0.717) is 5.25 Å². The minimum Gasteiger partial charge on any atom is -0.398 e. The van der Waals surface area contributed by atoms with E-state index >= 15 is 0 Å². The summed E-state index contributed by atoms with van der Waals surface area (Å²) in [6, 6.07) is 5.72. The summed E-state index contributed by atoms with van der Waals surface area (Å²) in [6.45, 7) is 2.44. The molecular weight excluding hydrogens is 294 g/mol. The van der Waals surface area contributed by atoms with Crippen LogP contribution >= 0.6 is 23.4 Å². The molecule has 2 saturated heterocycles. The predicted octanol–water partition coefficient (Wildman–Crippen LogP) is 3.74. The summed E-state index contributed by atoms with van der Waals surface area (Å²) >= 11 is 8.08. The zero-order valence-electron chi connectivity index (χ0n) is 11.4. The molecule has 1 aromatic rings. The van der Waals surface area contributed by atoms with Crippen molar-refractivity contribution in [2.45, 2.75) is 41.4 Å². The van der Waals surface area contributed by atoms with Gasteiger partial charge >= 0.3 is 0 Å². The van der Waals surface area contributed by atoms with Crippen LogP contribution in [0.2, 0.25) is 5.02 Å². The third-order valence-corrected chi connectivity index (χ3v) is 5.99. The van der Waals surface area contributed by atoms with E-state index in [0.717, 1.165) is 61.1 Å². The predicted molar refractivity (Wildman–Crippen MR) is 83.5 cm³/mol. The SMILES string of the molecule is Nc1cccc(Cl)c1SC1CCOC2(CCOCC2)C1. The van der Waals surface area contributed by atoms with Crippen LogP contribution in [0.15, 0.2) is 23.1 Å². The lowest BCUT2D eigenvalue weighted by Crippen LogP contribution is -2.45. The molecule has 110 valence electrons. The Hall–Kier alpha value is -0.420. The molecule has 3 nitrogen and oxygen atoms in total. The van der Waals surface area contributed by atoms with Gasteiger partial charge in [0.05, 0.1) is 10.6 Å². The van der Waals surface area contributed by atoms with Crippen molar-refractivity contribution in [2.24, 2.45) is 0 Å². The highest BCUT2D eigenvalue weighted by Crippen LogP contribution is 2.43. The molecule has 2 aliphatic heterocycles. The molecule has 2 heterocycles. The van der Waals surface area contributed by atoms with Crippen LogP contribution in [-0.4, -0.2) is 30.7 Å². The van der Waals surface area contributed by atoms with Crippen LogP contribution in [0.4, 0.5) is 5.69 Å². The summed E-state index contributed by atoms with van der Waals surface area (Å²) in [7, 11) is 0. The van der Waals surface area contributed by atoms with Gasteiger partial charge in [-0.25, -0.2) is 0 Å². The average molecular weight is 314 g/mol. The Morgan fingerprint density at radius 3 is 2.80 bits per heavy atom. The van der Waals surface area contributed by atoms with Crippen molar-refractivity contribution in [1.29, 1.82) is 0 Å². The van der Waals surface area contributed by atoms with Crippen LogP contribution in [-0.2, 0) is 9.47 Å². The molecule has 1 unspecified atom stereocenters. The van der Waals surface area contributed by atoms with E-state index in [1.165, 1.54) is 0 Å². The van der Waals surface area contributed by atoms with Crippen LogP contribution in [0.5, 0.6) is 0 Å². The van der Waals surface area contributed by atoms with Crippen LogP contribution in [0.3, 0.4) is 0 Å². The van der Waals surface area contributed by atoms with Crippen molar-refractivity contribution in [3.63, 3.8) is 0 Å². The first-order valence-electron chi connectivity index (χ1n) is 7.11. The Balaban J connectivity index is 1.71. The van der Waals surface area contributed by atoms with E-state index in [2.05, 4.69) is 0 Å². The van der Waals surface area contributed by atoms with Gasteiger partial charge < -0.3 is 15.2 Å². The second-order valence-corrected chi connectivity index (χ2v) is 7.25. The molecule has 1 spiro atoms. The van der Waals surface area contributed by atoms with Crippen LogP contribution in [0.25, 0.3) is 0 Å². The van der Waals surface area contributed by atoms with Gasteiger partial charge in [-0.3, -0.25) is 0 Å². The molecule has 5 heteroatoms. The monoisotopic (exact) mass is 313 g/mol. The summed E-state index contributed by atoms with van der Waals surface area (Å²) < 4.78 is 11.5. The number of hydrogen-bond acceptors (Lipinski definition) is 4. The lowest BCUT2D eigenvalue weighted by Gasteiger charge is -2.43. The third kappa shape index (κ3) is 3.08. The Kier molecular flexibility index (Phi) is 4.46. The topological polar surface area (TPSA) is 44.5 Å². The van der Waals surface area contributed by atoms with Crippen molar-refractivity contribution in [3.05, 3.63) is 23.2 Å². The zero-order valence-corrected chi connectivity index (χ0v) is 13.0.